The van der Waals surface area contributed by atoms with E-state index in [4.69, 9.17) is 0 Å². The van der Waals surface area contributed by atoms with Gasteiger partial charge in [-0.15, -0.1) is 0 Å². The molecule has 0 bridgehead atoms. The molecule has 1 aromatic heterocycles. The summed E-state index contributed by atoms with van der Waals surface area (Å²) in [7, 11) is 0. The van der Waals surface area contributed by atoms with Crippen molar-refractivity contribution in [1.29, 1.82) is 0 Å². The van der Waals surface area contributed by atoms with E-state index in [0.29, 0.717) is 12.1 Å². The molecular weight excluding hydrogens is 541 g/mol. The molecule has 3 N–H and O–H groups in total. The van der Waals surface area contributed by atoms with E-state index in [2.05, 4.69) is 15.2 Å². The number of rotatable bonds is 8. The minimum absolute atomic E-state index is 0.198. The quantitative estimate of drug-likeness (QED) is 0.174. The van der Waals surface area contributed by atoms with Crippen LogP contribution in [-0.2, 0) is 12.1 Å². The van der Waals surface area contributed by atoms with Gasteiger partial charge in [0.25, 0.3) is 5.91 Å². The summed E-state index contributed by atoms with van der Waals surface area (Å²) < 4.78 is 16.0. The second kappa shape index (κ2) is 10.4. The molecule has 0 atom stereocenters. The molecule has 212 valence electrons. The van der Waals surface area contributed by atoms with Gasteiger partial charge >= 0.3 is 5.97 Å². The molecule has 0 spiro atoms. The Kier molecular flexibility index (Phi) is 6.43. The van der Waals surface area contributed by atoms with Crippen LogP contribution in [0.4, 0.5) is 15.8 Å². The molecule has 0 aliphatic heterocycles. The summed E-state index contributed by atoms with van der Waals surface area (Å²) in [5.41, 5.74) is 4.71. The molecule has 7 rings (SSSR count). The zero-order valence-electron chi connectivity index (χ0n) is 23.2. The predicted octanol–water partition coefficient (Wildman–Crippen LogP) is 7.84. The second-order valence-electron chi connectivity index (χ2n) is 11.1. The van der Waals surface area contributed by atoms with Crippen molar-refractivity contribution >= 4 is 44.9 Å². The average molecular weight is 570 g/mol. The number of halogens is 1. The van der Waals surface area contributed by atoms with E-state index < -0.39 is 11.5 Å². The Morgan fingerprint density at radius 1 is 0.837 bits per heavy atom. The molecule has 1 aliphatic carbocycles. The van der Waals surface area contributed by atoms with E-state index >= 15 is 0 Å². The van der Waals surface area contributed by atoms with Crippen molar-refractivity contribution in [3.8, 4) is 0 Å². The van der Waals surface area contributed by atoms with E-state index in [9.17, 15) is 19.1 Å². The SMILES string of the molecule is O=C(O)c1ccc(C2(NC(=O)c3ccc(Nc4ccccc4)c4ccn(Cc5ccc6ccc(F)cc6c5)c34)CC2)cc1. The highest BCUT2D eigenvalue weighted by Crippen LogP contribution is 2.46. The van der Waals surface area contributed by atoms with Crippen molar-refractivity contribution < 1.29 is 19.1 Å². The number of aromatic carboxylic acids is 1. The molecule has 1 saturated carbocycles. The molecule has 1 amide bonds. The third kappa shape index (κ3) is 5.10. The Bertz CT molecular complexity index is 2010. The summed E-state index contributed by atoms with van der Waals surface area (Å²) in [5, 5.41) is 18.7. The summed E-state index contributed by atoms with van der Waals surface area (Å²) in [5.74, 6) is -1.46. The first-order valence-corrected chi connectivity index (χ1v) is 14.2. The molecule has 1 fully saturated rings. The molecule has 43 heavy (non-hydrogen) atoms. The summed E-state index contributed by atoms with van der Waals surface area (Å²) in [6, 6.07) is 33.1. The normalized spacial score (nSPS) is 13.6. The maximum Gasteiger partial charge on any atom is 0.335 e. The maximum atomic E-state index is 14.0. The minimum atomic E-state index is -0.982. The lowest BCUT2D eigenvalue weighted by molar-refractivity contribution is 0.0696. The fourth-order valence-electron chi connectivity index (χ4n) is 5.82. The van der Waals surface area contributed by atoms with E-state index in [1.165, 1.54) is 12.1 Å². The number of carboxylic acids is 1. The fourth-order valence-corrected chi connectivity index (χ4v) is 5.82. The number of aromatic nitrogens is 1. The zero-order valence-corrected chi connectivity index (χ0v) is 23.2. The van der Waals surface area contributed by atoms with Gasteiger partial charge in [-0.05, 0) is 95.4 Å². The van der Waals surface area contributed by atoms with E-state index in [1.807, 2.05) is 72.9 Å². The van der Waals surface area contributed by atoms with Crippen molar-refractivity contribution in [2.75, 3.05) is 5.32 Å². The summed E-state index contributed by atoms with van der Waals surface area (Å²) in [6.45, 7) is 0.493. The first-order chi connectivity index (χ1) is 20.9. The number of anilines is 2. The van der Waals surface area contributed by atoms with Gasteiger partial charge in [0.15, 0.2) is 0 Å². The van der Waals surface area contributed by atoms with Crippen molar-refractivity contribution in [3.05, 3.63) is 143 Å². The molecule has 0 unspecified atom stereocenters. The van der Waals surface area contributed by atoms with Gasteiger partial charge in [0, 0.05) is 29.5 Å². The number of para-hydroxylation sites is 1. The van der Waals surface area contributed by atoms with Crippen LogP contribution in [0.25, 0.3) is 21.7 Å². The number of carbonyl (C=O) groups excluding carboxylic acids is 1. The van der Waals surface area contributed by atoms with Crippen LogP contribution in [0.5, 0.6) is 0 Å². The van der Waals surface area contributed by atoms with Crippen LogP contribution in [0.1, 0.15) is 44.7 Å². The van der Waals surface area contributed by atoms with Crippen LogP contribution in [-0.4, -0.2) is 21.6 Å². The van der Waals surface area contributed by atoms with Crippen LogP contribution < -0.4 is 10.6 Å². The average Bonchev–Trinajstić information content (AvgIpc) is 3.68. The number of fused-ring (bicyclic) bond motifs is 2. The van der Waals surface area contributed by atoms with E-state index in [-0.39, 0.29) is 17.3 Å². The third-order valence-electron chi connectivity index (χ3n) is 8.23. The topological polar surface area (TPSA) is 83.4 Å². The molecule has 0 radical (unpaired) electrons. The van der Waals surface area contributed by atoms with E-state index in [1.54, 1.807) is 30.3 Å². The van der Waals surface area contributed by atoms with Crippen LogP contribution >= 0.6 is 0 Å². The lowest BCUT2D eigenvalue weighted by Gasteiger charge is -2.20. The van der Waals surface area contributed by atoms with Crippen LogP contribution in [0.15, 0.2) is 115 Å². The molecular formula is C36H28FN3O3. The van der Waals surface area contributed by atoms with E-state index in [0.717, 1.165) is 57.0 Å². The zero-order chi connectivity index (χ0) is 29.6. The van der Waals surface area contributed by atoms with Crippen molar-refractivity contribution in [2.45, 2.75) is 24.9 Å². The van der Waals surface area contributed by atoms with Crippen LogP contribution in [0.3, 0.4) is 0 Å². The third-order valence-corrected chi connectivity index (χ3v) is 8.23. The first-order valence-electron chi connectivity index (χ1n) is 14.2. The standard InChI is InChI=1S/C36H28FN3O3/c37-28-13-10-24-7-6-23(20-26(24)21-28)22-40-19-16-30-32(38-29-4-2-1-3-5-29)15-14-31(33(30)40)34(41)39-36(17-18-36)27-11-8-25(9-12-27)35(42)43/h1-16,19-21,38H,17-18,22H2,(H,39,41)(H,42,43). The number of hydrogen-bond donors (Lipinski definition) is 3. The lowest BCUT2D eigenvalue weighted by Crippen LogP contribution is -2.35. The van der Waals surface area contributed by atoms with Gasteiger partial charge in [-0.1, -0.05) is 48.5 Å². The Hall–Kier alpha value is -5.43. The fraction of sp³-hybridized carbons (Fsp3) is 0.111. The first kappa shape index (κ1) is 26.5. The number of nitrogens with zero attached hydrogens (tertiary/aromatic N) is 1. The number of hydrogen-bond acceptors (Lipinski definition) is 3. The van der Waals surface area contributed by atoms with Gasteiger partial charge in [-0.25, -0.2) is 9.18 Å². The van der Waals surface area contributed by atoms with Crippen molar-refractivity contribution in [2.24, 2.45) is 0 Å². The van der Waals surface area contributed by atoms with Crippen molar-refractivity contribution in [3.63, 3.8) is 0 Å². The van der Waals surface area contributed by atoms with Gasteiger partial charge < -0.3 is 20.3 Å². The Balaban J connectivity index is 1.27. The highest BCUT2D eigenvalue weighted by molar-refractivity contribution is 6.10. The van der Waals surface area contributed by atoms with Gasteiger partial charge in [-0.3, -0.25) is 4.79 Å². The van der Waals surface area contributed by atoms with Gasteiger partial charge in [-0.2, -0.15) is 0 Å². The molecule has 7 heteroatoms. The highest BCUT2D eigenvalue weighted by Gasteiger charge is 2.46. The largest absolute Gasteiger partial charge is 0.478 e. The van der Waals surface area contributed by atoms with Crippen LogP contribution in [0.2, 0.25) is 0 Å². The Labute approximate surface area is 247 Å². The lowest BCUT2D eigenvalue weighted by atomic mass is 10.0. The summed E-state index contributed by atoms with van der Waals surface area (Å²) in [4.78, 5) is 25.3. The number of carboxylic acid groups (broad SMARTS) is 1. The molecule has 1 aliphatic rings. The predicted molar refractivity (Wildman–Crippen MR) is 166 cm³/mol. The van der Waals surface area contributed by atoms with Gasteiger partial charge in [0.1, 0.15) is 5.82 Å². The second-order valence-corrected chi connectivity index (χ2v) is 11.1. The smallest absolute Gasteiger partial charge is 0.335 e. The molecule has 0 saturated heterocycles. The van der Waals surface area contributed by atoms with Gasteiger partial charge in [0.05, 0.1) is 22.2 Å². The van der Waals surface area contributed by atoms with Crippen LogP contribution in [0, 0.1) is 5.82 Å². The molecule has 6 nitrogen and oxygen atoms in total. The molecule has 6 aromatic rings. The number of benzene rings is 5. The number of amides is 1. The number of nitrogens with one attached hydrogen (secondary N) is 2. The minimum Gasteiger partial charge on any atom is -0.478 e. The molecule has 1 heterocycles. The Morgan fingerprint density at radius 3 is 2.35 bits per heavy atom. The monoisotopic (exact) mass is 569 g/mol. The summed E-state index contributed by atoms with van der Waals surface area (Å²) in [6.07, 6.45) is 3.53. The Morgan fingerprint density at radius 2 is 1.60 bits per heavy atom. The highest BCUT2D eigenvalue weighted by atomic mass is 19.1. The summed E-state index contributed by atoms with van der Waals surface area (Å²) >= 11 is 0. The van der Waals surface area contributed by atoms with Gasteiger partial charge in [0.2, 0.25) is 0 Å². The number of carbonyl (C=O) groups is 2. The molecule has 5 aromatic carbocycles. The maximum absolute atomic E-state index is 14.0. The van der Waals surface area contributed by atoms with Crippen molar-refractivity contribution in [1.82, 2.24) is 9.88 Å².